The van der Waals surface area contributed by atoms with Crippen LogP contribution in [-0.4, -0.2) is 22.9 Å². The van der Waals surface area contributed by atoms with Crippen LogP contribution >= 0.6 is 11.3 Å². The Hall–Kier alpha value is -0.870. The van der Waals surface area contributed by atoms with Crippen molar-refractivity contribution in [2.45, 2.75) is 70.1 Å². The molecule has 20 heavy (non-hydrogen) atoms. The van der Waals surface area contributed by atoms with E-state index < -0.39 is 0 Å². The van der Waals surface area contributed by atoms with Crippen LogP contribution in [0.1, 0.15) is 63.6 Å². The van der Waals surface area contributed by atoms with E-state index in [4.69, 9.17) is 0 Å². The summed E-state index contributed by atoms with van der Waals surface area (Å²) in [5.41, 5.74) is 1.25. The zero-order valence-corrected chi connectivity index (χ0v) is 13.0. The number of carbonyl (C=O) groups excluding carboxylic acids is 1. The quantitative estimate of drug-likeness (QED) is 0.902. The molecule has 0 aromatic carbocycles. The maximum Gasteiger partial charge on any atom is 0.241 e. The minimum absolute atomic E-state index is 0.0506. The molecule has 110 valence electrons. The van der Waals surface area contributed by atoms with Crippen molar-refractivity contribution in [2.75, 3.05) is 0 Å². The van der Waals surface area contributed by atoms with Crippen LogP contribution in [0.5, 0.6) is 0 Å². The van der Waals surface area contributed by atoms with E-state index in [2.05, 4.69) is 27.0 Å². The van der Waals surface area contributed by atoms with Gasteiger partial charge in [-0.05, 0) is 42.2 Å². The van der Waals surface area contributed by atoms with Crippen LogP contribution in [0, 0.1) is 0 Å². The molecule has 2 heterocycles. The molecule has 1 N–H and O–H groups in total. The molecule has 2 fully saturated rings. The van der Waals surface area contributed by atoms with Gasteiger partial charge >= 0.3 is 0 Å². The van der Waals surface area contributed by atoms with E-state index in [0.29, 0.717) is 6.04 Å². The van der Waals surface area contributed by atoms with Crippen molar-refractivity contribution in [1.82, 2.24) is 10.2 Å². The SMILES string of the molecule is CC1NC(c2ccsc2)N(C2CCCCCCC2)C1=O. The number of hydrogen-bond donors (Lipinski definition) is 1. The van der Waals surface area contributed by atoms with Crippen molar-refractivity contribution < 1.29 is 4.79 Å². The van der Waals surface area contributed by atoms with Gasteiger partial charge < -0.3 is 4.90 Å². The Bertz CT molecular complexity index is 437. The number of amides is 1. The topological polar surface area (TPSA) is 32.3 Å². The summed E-state index contributed by atoms with van der Waals surface area (Å²) in [6.45, 7) is 1.99. The van der Waals surface area contributed by atoms with Gasteiger partial charge in [0.05, 0.1) is 6.04 Å². The molecule has 1 aromatic heterocycles. The van der Waals surface area contributed by atoms with Crippen molar-refractivity contribution in [1.29, 1.82) is 0 Å². The first kappa shape index (κ1) is 14.1. The van der Waals surface area contributed by atoms with E-state index in [0.717, 1.165) is 0 Å². The Labute approximate surface area is 125 Å². The first-order valence-electron chi connectivity index (χ1n) is 7.87. The van der Waals surface area contributed by atoms with E-state index in [1.54, 1.807) is 11.3 Å². The normalized spacial score (nSPS) is 29.4. The Morgan fingerprint density at radius 3 is 2.55 bits per heavy atom. The highest BCUT2D eigenvalue weighted by Gasteiger charge is 2.40. The highest BCUT2D eigenvalue weighted by molar-refractivity contribution is 7.07. The molecule has 2 atom stereocenters. The van der Waals surface area contributed by atoms with E-state index in [1.807, 2.05) is 6.92 Å². The molecule has 4 heteroatoms. The van der Waals surface area contributed by atoms with Crippen molar-refractivity contribution in [3.05, 3.63) is 22.4 Å². The number of thiophene rings is 1. The minimum Gasteiger partial charge on any atom is -0.319 e. The summed E-state index contributed by atoms with van der Waals surface area (Å²) >= 11 is 1.71. The van der Waals surface area contributed by atoms with Crippen LogP contribution in [0.4, 0.5) is 0 Å². The number of nitrogens with one attached hydrogen (secondary N) is 1. The Morgan fingerprint density at radius 1 is 1.20 bits per heavy atom. The maximum absolute atomic E-state index is 12.6. The standard InChI is InChI=1S/C16H24N2OS/c1-12-16(19)18(14-7-5-3-2-4-6-8-14)15(17-12)13-9-10-20-11-13/h9-12,14-15,17H,2-8H2,1H3. The number of rotatable bonds is 2. The summed E-state index contributed by atoms with van der Waals surface area (Å²) in [7, 11) is 0. The Morgan fingerprint density at radius 2 is 1.90 bits per heavy atom. The fourth-order valence-electron chi connectivity index (χ4n) is 3.53. The van der Waals surface area contributed by atoms with Gasteiger partial charge in [-0.15, -0.1) is 0 Å². The molecule has 1 aromatic rings. The molecule has 2 unspecified atom stereocenters. The highest BCUT2D eigenvalue weighted by Crippen LogP contribution is 2.33. The third kappa shape index (κ3) is 2.77. The molecule has 0 bridgehead atoms. The zero-order valence-electron chi connectivity index (χ0n) is 12.2. The van der Waals surface area contributed by atoms with Crippen LogP contribution in [0.2, 0.25) is 0 Å². The molecular formula is C16H24N2OS. The molecule has 1 aliphatic heterocycles. The van der Waals surface area contributed by atoms with E-state index in [9.17, 15) is 4.79 Å². The summed E-state index contributed by atoms with van der Waals surface area (Å²) < 4.78 is 0. The molecule has 1 amide bonds. The lowest BCUT2D eigenvalue weighted by molar-refractivity contribution is -0.132. The second-order valence-electron chi connectivity index (χ2n) is 6.09. The van der Waals surface area contributed by atoms with Gasteiger partial charge in [-0.1, -0.05) is 32.1 Å². The van der Waals surface area contributed by atoms with Crippen LogP contribution in [0.3, 0.4) is 0 Å². The molecule has 1 saturated heterocycles. The van der Waals surface area contributed by atoms with Crippen LogP contribution in [0.25, 0.3) is 0 Å². The van der Waals surface area contributed by atoms with E-state index in [1.165, 1.54) is 50.5 Å². The number of hydrogen-bond acceptors (Lipinski definition) is 3. The smallest absolute Gasteiger partial charge is 0.241 e. The molecule has 3 rings (SSSR count). The van der Waals surface area contributed by atoms with Gasteiger partial charge in [0.2, 0.25) is 5.91 Å². The molecule has 1 saturated carbocycles. The minimum atomic E-state index is -0.0506. The van der Waals surface area contributed by atoms with Crippen LogP contribution in [-0.2, 0) is 4.79 Å². The number of carbonyl (C=O) groups is 1. The molecule has 0 spiro atoms. The lowest BCUT2D eigenvalue weighted by Gasteiger charge is -2.33. The Kier molecular flexibility index (Phi) is 4.41. The van der Waals surface area contributed by atoms with Crippen LogP contribution in [0.15, 0.2) is 16.8 Å². The van der Waals surface area contributed by atoms with E-state index in [-0.39, 0.29) is 18.1 Å². The number of nitrogens with zero attached hydrogens (tertiary/aromatic N) is 1. The summed E-state index contributed by atoms with van der Waals surface area (Å²) in [5, 5.41) is 7.74. The van der Waals surface area contributed by atoms with Crippen molar-refractivity contribution in [3.8, 4) is 0 Å². The van der Waals surface area contributed by atoms with Crippen molar-refractivity contribution in [3.63, 3.8) is 0 Å². The predicted octanol–water partition coefficient (Wildman–Crippen LogP) is 3.68. The van der Waals surface area contributed by atoms with Gasteiger partial charge in [0.25, 0.3) is 0 Å². The maximum atomic E-state index is 12.6. The van der Waals surface area contributed by atoms with Gasteiger partial charge in [0.1, 0.15) is 6.17 Å². The van der Waals surface area contributed by atoms with Crippen LogP contribution < -0.4 is 5.32 Å². The average molecular weight is 292 g/mol. The zero-order chi connectivity index (χ0) is 13.9. The second-order valence-corrected chi connectivity index (χ2v) is 6.87. The van der Waals surface area contributed by atoms with Gasteiger partial charge in [-0.2, -0.15) is 11.3 Å². The third-order valence-corrected chi connectivity index (χ3v) is 5.34. The summed E-state index contributed by atoms with van der Waals surface area (Å²) in [6, 6.07) is 2.51. The largest absolute Gasteiger partial charge is 0.319 e. The third-order valence-electron chi connectivity index (χ3n) is 4.64. The molecular weight excluding hydrogens is 268 g/mol. The van der Waals surface area contributed by atoms with Gasteiger partial charge in [0.15, 0.2) is 0 Å². The monoisotopic (exact) mass is 292 g/mol. The summed E-state index contributed by atoms with van der Waals surface area (Å²) in [4.78, 5) is 14.7. The van der Waals surface area contributed by atoms with E-state index >= 15 is 0 Å². The summed E-state index contributed by atoms with van der Waals surface area (Å²) in [5.74, 6) is 0.284. The summed E-state index contributed by atoms with van der Waals surface area (Å²) in [6.07, 6.45) is 8.96. The van der Waals surface area contributed by atoms with Gasteiger partial charge in [-0.25, -0.2) is 0 Å². The fraction of sp³-hybridized carbons (Fsp3) is 0.688. The predicted molar refractivity (Wildman–Crippen MR) is 82.6 cm³/mol. The lowest BCUT2D eigenvalue weighted by Crippen LogP contribution is -2.40. The lowest BCUT2D eigenvalue weighted by atomic mass is 9.95. The first-order valence-corrected chi connectivity index (χ1v) is 8.82. The van der Waals surface area contributed by atoms with Crippen molar-refractivity contribution in [2.24, 2.45) is 0 Å². The second kappa shape index (κ2) is 6.27. The highest BCUT2D eigenvalue weighted by atomic mass is 32.1. The fourth-order valence-corrected chi connectivity index (χ4v) is 4.21. The Balaban J connectivity index is 1.81. The molecule has 1 aliphatic carbocycles. The molecule has 0 radical (unpaired) electrons. The van der Waals surface area contributed by atoms with Crippen molar-refractivity contribution >= 4 is 17.2 Å². The average Bonchev–Trinajstić information content (AvgIpc) is 3.00. The first-order chi connectivity index (χ1) is 9.77. The molecule has 3 nitrogen and oxygen atoms in total. The van der Waals surface area contributed by atoms with Gasteiger partial charge in [0, 0.05) is 6.04 Å². The molecule has 2 aliphatic rings. The van der Waals surface area contributed by atoms with Gasteiger partial charge in [-0.3, -0.25) is 10.1 Å².